The normalized spacial score (nSPS) is 10.5. The molecule has 0 aliphatic carbocycles. The van der Waals surface area contributed by atoms with Gasteiger partial charge in [0.05, 0.1) is 18.4 Å². The minimum absolute atomic E-state index is 0.313. The molecule has 0 saturated carbocycles. The molecule has 0 amide bonds. The highest BCUT2D eigenvalue weighted by Gasteiger charge is 2.18. The zero-order valence-corrected chi connectivity index (χ0v) is 15.5. The van der Waals surface area contributed by atoms with Crippen molar-refractivity contribution in [3.63, 3.8) is 0 Å². The molecule has 3 aromatic rings. The first-order valence-electron chi connectivity index (χ1n) is 8.14. The summed E-state index contributed by atoms with van der Waals surface area (Å²) in [6, 6.07) is 9.56. The Kier molecular flexibility index (Phi) is 5.49. The maximum Gasteiger partial charge on any atom is 0.283 e. The number of rotatable bonds is 6. The van der Waals surface area contributed by atoms with Gasteiger partial charge in [0.25, 0.3) is 5.22 Å². The van der Waals surface area contributed by atoms with Gasteiger partial charge in [-0.1, -0.05) is 13.8 Å². The molecule has 7 nitrogen and oxygen atoms in total. The Bertz CT molecular complexity index is 947. The van der Waals surface area contributed by atoms with E-state index in [2.05, 4.69) is 26.5 Å². The predicted octanol–water partition coefficient (Wildman–Crippen LogP) is 3.68. The molecule has 0 radical (unpaired) electrons. The molecule has 0 N–H and O–H groups in total. The lowest BCUT2D eigenvalue weighted by molar-refractivity contribution is 0.414. The summed E-state index contributed by atoms with van der Waals surface area (Å²) in [6.07, 6.45) is 1.45. The molecular weight excluding hydrogens is 350 g/mol. The highest BCUT2D eigenvalue weighted by Crippen LogP contribution is 2.32. The second kappa shape index (κ2) is 7.97. The van der Waals surface area contributed by atoms with Gasteiger partial charge in [0, 0.05) is 5.56 Å². The number of aromatic nitrogens is 4. The van der Waals surface area contributed by atoms with Crippen molar-refractivity contribution < 1.29 is 9.15 Å². The van der Waals surface area contributed by atoms with Crippen LogP contribution in [0.5, 0.6) is 5.75 Å². The van der Waals surface area contributed by atoms with Crippen molar-refractivity contribution in [1.82, 2.24) is 20.4 Å². The Morgan fingerprint density at radius 1 is 1.08 bits per heavy atom. The average Bonchev–Trinajstić information content (AvgIpc) is 3.16. The second-order valence-corrected chi connectivity index (χ2v) is 6.27. The van der Waals surface area contributed by atoms with E-state index in [4.69, 9.17) is 9.15 Å². The quantitative estimate of drug-likeness (QED) is 0.651. The number of nitriles is 1. The Balaban J connectivity index is 1.88. The molecule has 2 heterocycles. The Morgan fingerprint density at radius 2 is 1.85 bits per heavy atom. The van der Waals surface area contributed by atoms with Crippen LogP contribution in [-0.2, 0) is 12.8 Å². The SMILES string of the molecule is CCc1nnc(Sc2nnc(-c3ccc(OC)cc3)o2)c(C#N)c1CC. The number of ether oxygens (including phenoxy) is 1. The van der Waals surface area contributed by atoms with Gasteiger partial charge in [-0.3, -0.25) is 0 Å². The minimum atomic E-state index is 0.313. The minimum Gasteiger partial charge on any atom is -0.497 e. The van der Waals surface area contributed by atoms with E-state index >= 15 is 0 Å². The van der Waals surface area contributed by atoms with Crippen molar-refractivity contribution >= 4 is 11.8 Å². The number of hydrogen-bond donors (Lipinski definition) is 0. The van der Waals surface area contributed by atoms with E-state index in [-0.39, 0.29) is 0 Å². The number of methoxy groups -OCH3 is 1. The van der Waals surface area contributed by atoms with Crippen LogP contribution in [0.25, 0.3) is 11.5 Å². The van der Waals surface area contributed by atoms with Crippen molar-refractivity contribution in [2.45, 2.75) is 36.9 Å². The molecule has 0 atom stereocenters. The lowest BCUT2D eigenvalue weighted by atomic mass is 10.1. The van der Waals surface area contributed by atoms with Crippen molar-refractivity contribution in [1.29, 1.82) is 5.26 Å². The summed E-state index contributed by atoms with van der Waals surface area (Å²) < 4.78 is 10.8. The molecule has 0 fully saturated rings. The lowest BCUT2D eigenvalue weighted by Gasteiger charge is -2.08. The fraction of sp³-hybridized carbons (Fsp3) is 0.278. The fourth-order valence-electron chi connectivity index (χ4n) is 2.53. The second-order valence-electron chi connectivity index (χ2n) is 5.33. The van der Waals surface area contributed by atoms with Crippen LogP contribution in [0.1, 0.15) is 30.7 Å². The molecule has 8 heteroatoms. The van der Waals surface area contributed by atoms with Crippen LogP contribution in [-0.4, -0.2) is 27.5 Å². The highest BCUT2D eigenvalue weighted by molar-refractivity contribution is 7.99. The first-order valence-corrected chi connectivity index (χ1v) is 8.96. The van der Waals surface area contributed by atoms with Gasteiger partial charge in [0.15, 0.2) is 0 Å². The van der Waals surface area contributed by atoms with Crippen LogP contribution >= 0.6 is 11.8 Å². The maximum absolute atomic E-state index is 9.55. The highest BCUT2D eigenvalue weighted by atomic mass is 32.2. The third-order valence-electron chi connectivity index (χ3n) is 3.85. The van der Waals surface area contributed by atoms with E-state index in [0.29, 0.717) is 21.7 Å². The Morgan fingerprint density at radius 3 is 2.46 bits per heavy atom. The monoisotopic (exact) mass is 367 g/mol. The van der Waals surface area contributed by atoms with Crippen molar-refractivity contribution in [3.05, 3.63) is 41.1 Å². The molecule has 2 aromatic heterocycles. The standard InChI is InChI=1S/C18H17N5O2S/c1-4-13-14(10-19)17(22-20-15(13)5-2)26-18-23-21-16(25-18)11-6-8-12(24-3)9-7-11/h6-9H,4-5H2,1-3H3. The first-order chi connectivity index (χ1) is 12.7. The van der Waals surface area contributed by atoms with Gasteiger partial charge in [-0.05, 0) is 54.4 Å². The van der Waals surface area contributed by atoms with Crippen LogP contribution in [0.3, 0.4) is 0 Å². The number of nitrogens with zero attached hydrogens (tertiary/aromatic N) is 5. The molecule has 0 unspecified atom stereocenters. The fourth-order valence-corrected chi connectivity index (χ4v) is 3.25. The summed E-state index contributed by atoms with van der Waals surface area (Å²) in [5, 5.41) is 26.9. The summed E-state index contributed by atoms with van der Waals surface area (Å²) >= 11 is 1.15. The van der Waals surface area contributed by atoms with Crippen molar-refractivity contribution in [2.24, 2.45) is 0 Å². The molecule has 1 aromatic carbocycles. The van der Waals surface area contributed by atoms with E-state index < -0.39 is 0 Å². The van der Waals surface area contributed by atoms with Crippen LogP contribution in [0, 0.1) is 11.3 Å². The van der Waals surface area contributed by atoms with Crippen LogP contribution in [0.4, 0.5) is 0 Å². The van der Waals surface area contributed by atoms with E-state index in [1.54, 1.807) is 7.11 Å². The zero-order chi connectivity index (χ0) is 18.5. The predicted molar refractivity (Wildman–Crippen MR) is 95.9 cm³/mol. The third-order valence-corrected chi connectivity index (χ3v) is 4.67. The Hall–Kier alpha value is -2.92. The van der Waals surface area contributed by atoms with Crippen molar-refractivity contribution in [2.75, 3.05) is 7.11 Å². The maximum atomic E-state index is 9.55. The Labute approximate surface area is 155 Å². The summed E-state index contributed by atoms with van der Waals surface area (Å²) in [7, 11) is 1.61. The van der Waals surface area contributed by atoms with Gasteiger partial charge in [-0.2, -0.15) is 10.4 Å². The van der Waals surface area contributed by atoms with Crippen LogP contribution in [0.2, 0.25) is 0 Å². The molecule has 0 spiro atoms. The van der Waals surface area contributed by atoms with Crippen LogP contribution < -0.4 is 4.74 Å². The summed E-state index contributed by atoms with van der Waals surface area (Å²) in [4.78, 5) is 0. The molecular formula is C18H17N5O2S. The van der Waals surface area contributed by atoms with Gasteiger partial charge in [-0.15, -0.1) is 15.3 Å². The van der Waals surface area contributed by atoms with Gasteiger partial charge < -0.3 is 9.15 Å². The van der Waals surface area contributed by atoms with Gasteiger partial charge in [0.2, 0.25) is 5.89 Å². The molecule has 0 aliphatic rings. The van der Waals surface area contributed by atoms with Crippen LogP contribution in [0.15, 0.2) is 38.9 Å². The summed E-state index contributed by atoms with van der Waals surface area (Å²) in [5.41, 5.74) is 3.07. The van der Waals surface area contributed by atoms with Crippen molar-refractivity contribution in [3.8, 4) is 23.3 Å². The number of benzene rings is 1. The number of aryl methyl sites for hydroxylation is 1. The third kappa shape index (κ3) is 3.53. The topological polar surface area (TPSA) is 97.7 Å². The summed E-state index contributed by atoms with van der Waals surface area (Å²) in [5.74, 6) is 1.14. The zero-order valence-electron chi connectivity index (χ0n) is 14.7. The molecule has 0 aliphatic heterocycles. The van der Waals surface area contributed by atoms with E-state index in [9.17, 15) is 5.26 Å². The molecule has 0 saturated heterocycles. The summed E-state index contributed by atoms with van der Waals surface area (Å²) in [6.45, 7) is 4.00. The largest absolute Gasteiger partial charge is 0.497 e. The van der Waals surface area contributed by atoms with E-state index in [1.807, 2.05) is 38.1 Å². The van der Waals surface area contributed by atoms with E-state index in [0.717, 1.165) is 47.2 Å². The van der Waals surface area contributed by atoms with Gasteiger partial charge in [0.1, 0.15) is 16.8 Å². The molecule has 0 bridgehead atoms. The van der Waals surface area contributed by atoms with Gasteiger partial charge in [-0.25, -0.2) is 0 Å². The smallest absolute Gasteiger partial charge is 0.283 e. The molecule has 26 heavy (non-hydrogen) atoms. The first kappa shape index (κ1) is 17.9. The molecule has 3 rings (SSSR count). The van der Waals surface area contributed by atoms with Gasteiger partial charge >= 0.3 is 0 Å². The average molecular weight is 367 g/mol. The number of hydrogen-bond acceptors (Lipinski definition) is 8. The molecule has 132 valence electrons. The van der Waals surface area contributed by atoms with E-state index in [1.165, 1.54) is 0 Å². The lowest BCUT2D eigenvalue weighted by Crippen LogP contribution is -2.04.